The summed E-state index contributed by atoms with van der Waals surface area (Å²) in [6, 6.07) is 3.24. The lowest BCUT2D eigenvalue weighted by molar-refractivity contribution is -0.134. The molecule has 0 atom stereocenters. The molecule has 6 nitrogen and oxygen atoms in total. The highest BCUT2D eigenvalue weighted by Gasteiger charge is 2.34. The Kier molecular flexibility index (Phi) is 4.31. The van der Waals surface area contributed by atoms with Gasteiger partial charge in [-0.15, -0.1) is 0 Å². The quantitative estimate of drug-likeness (QED) is 0.909. The summed E-state index contributed by atoms with van der Waals surface area (Å²) in [5.41, 5.74) is 5.69. The van der Waals surface area contributed by atoms with Crippen LogP contribution in [-0.4, -0.2) is 42.1 Å². The Balaban J connectivity index is 1.70. The van der Waals surface area contributed by atoms with Gasteiger partial charge in [-0.25, -0.2) is 9.97 Å². The first-order valence-corrected chi connectivity index (χ1v) is 7.95. The standard InChI is InChI=1S/C14H14F3N5OS/c15-14(16,17)10-8-20-13(24-10)22-6-4-21(5-7-22)12-9(11(18)23)2-1-3-19-12/h1-3,8H,4-7H2,(H2,18,23). The maximum Gasteiger partial charge on any atom is 0.427 e. The SMILES string of the molecule is NC(=O)c1cccnc1N1CCN(c2ncc(C(F)(F)F)s2)CC1. The zero-order valence-electron chi connectivity index (χ0n) is 12.5. The summed E-state index contributed by atoms with van der Waals surface area (Å²) in [5, 5.41) is 0.345. The van der Waals surface area contributed by atoms with Gasteiger partial charge in [-0.1, -0.05) is 11.3 Å². The second kappa shape index (κ2) is 6.27. The first-order chi connectivity index (χ1) is 11.4. The number of primary amides is 1. The van der Waals surface area contributed by atoms with Gasteiger partial charge in [0.2, 0.25) is 0 Å². The number of aromatic nitrogens is 2. The normalized spacial score (nSPS) is 15.6. The zero-order valence-corrected chi connectivity index (χ0v) is 13.3. The Bertz CT molecular complexity index is 740. The summed E-state index contributed by atoms with van der Waals surface area (Å²) in [6.07, 6.45) is -1.94. The average Bonchev–Trinajstić information content (AvgIpc) is 3.05. The molecule has 2 aromatic heterocycles. The largest absolute Gasteiger partial charge is 0.427 e. The van der Waals surface area contributed by atoms with Crippen LogP contribution in [0, 0.1) is 0 Å². The predicted octanol–water partition coefficient (Wildman–Crippen LogP) is 1.98. The molecule has 3 rings (SSSR count). The van der Waals surface area contributed by atoms with Gasteiger partial charge in [-0.2, -0.15) is 13.2 Å². The lowest BCUT2D eigenvalue weighted by Gasteiger charge is -2.35. The number of halogens is 3. The van der Waals surface area contributed by atoms with Gasteiger partial charge >= 0.3 is 6.18 Å². The number of piperazine rings is 1. The Morgan fingerprint density at radius 1 is 1.17 bits per heavy atom. The van der Waals surface area contributed by atoms with Gasteiger partial charge < -0.3 is 15.5 Å². The van der Waals surface area contributed by atoms with Gasteiger partial charge in [-0.3, -0.25) is 4.79 Å². The van der Waals surface area contributed by atoms with Crippen LogP contribution in [0.2, 0.25) is 0 Å². The molecule has 1 aliphatic rings. The van der Waals surface area contributed by atoms with E-state index in [0.29, 0.717) is 54.0 Å². The second-order valence-corrected chi connectivity index (χ2v) is 6.23. The van der Waals surface area contributed by atoms with Gasteiger partial charge in [-0.05, 0) is 12.1 Å². The molecule has 1 saturated heterocycles. The smallest absolute Gasteiger partial charge is 0.365 e. The fourth-order valence-electron chi connectivity index (χ4n) is 2.49. The maximum absolute atomic E-state index is 12.7. The number of carbonyl (C=O) groups excluding carboxylic acids is 1. The number of carbonyl (C=O) groups is 1. The van der Waals surface area contributed by atoms with Crippen molar-refractivity contribution in [3.05, 3.63) is 35.0 Å². The molecule has 0 aromatic carbocycles. The summed E-state index contributed by atoms with van der Waals surface area (Å²) in [6.45, 7) is 2.00. The summed E-state index contributed by atoms with van der Waals surface area (Å²) in [7, 11) is 0. The van der Waals surface area contributed by atoms with E-state index in [-0.39, 0.29) is 0 Å². The van der Waals surface area contributed by atoms with Crippen molar-refractivity contribution in [3.63, 3.8) is 0 Å². The third kappa shape index (κ3) is 3.28. The van der Waals surface area contributed by atoms with Crippen LogP contribution < -0.4 is 15.5 Å². The molecule has 0 unspecified atom stereocenters. The highest BCUT2D eigenvalue weighted by Crippen LogP contribution is 2.36. The van der Waals surface area contributed by atoms with E-state index in [1.54, 1.807) is 23.2 Å². The number of anilines is 2. The minimum absolute atomic E-state index is 0.333. The number of alkyl halides is 3. The van der Waals surface area contributed by atoms with Crippen LogP contribution in [0.5, 0.6) is 0 Å². The highest BCUT2D eigenvalue weighted by atomic mass is 32.1. The van der Waals surface area contributed by atoms with Crippen LogP contribution in [0.4, 0.5) is 24.1 Å². The first kappa shape index (κ1) is 16.5. The number of hydrogen-bond acceptors (Lipinski definition) is 6. The van der Waals surface area contributed by atoms with Crippen molar-refractivity contribution in [2.24, 2.45) is 5.73 Å². The van der Waals surface area contributed by atoms with Gasteiger partial charge in [0.15, 0.2) is 5.13 Å². The Hall–Kier alpha value is -2.36. The van der Waals surface area contributed by atoms with Crippen molar-refractivity contribution in [2.45, 2.75) is 6.18 Å². The monoisotopic (exact) mass is 357 g/mol. The number of pyridine rings is 1. The van der Waals surface area contributed by atoms with Crippen molar-refractivity contribution >= 4 is 28.2 Å². The van der Waals surface area contributed by atoms with E-state index in [0.717, 1.165) is 6.20 Å². The van der Waals surface area contributed by atoms with Crippen molar-refractivity contribution in [1.82, 2.24) is 9.97 Å². The lowest BCUT2D eigenvalue weighted by Crippen LogP contribution is -2.47. The molecule has 2 aromatic rings. The minimum atomic E-state index is -4.37. The molecule has 0 bridgehead atoms. The molecule has 10 heteroatoms. The number of thiazole rings is 1. The van der Waals surface area contributed by atoms with Crippen LogP contribution in [-0.2, 0) is 6.18 Å². The highest BCUT2D eigenvalue weighted by molar-refractivity contribution is 7.15. The number of amides is 1. The molecule has 3 heterocycles. The Labute approximate surface area is 139 Å². The van der Waals surface area contributed by atoms with E-state index >= 15 is 0 Å². The number of nitrogens with two attached hydrogens (primary N) is 1. The van der Waals surface area contributed by atoms with Crippen LogP contribution in [0.1, 0.15) is 15.2 Å². The molecule has 0 spiro atoms. The predicted molar refractivity (Wildman–Crippen MR) is 84.3 cm³/mol. The van der Waals surface area contributed by atoms with Crippen molar-refractivity contribution < 1.29 is 18.0 Å². The van der Waals surface area contributed by atoms with Crippen molar-refractivity contribution in [1.29, 1.82) is 0 Å². The molecular formula is C14H14F3N5OS. The molecular weight excluding hydrogens is 343 g/mol. The molecule has 0 aliphatic carbocycles. The van der Waals surface area contributed by atoms with Crippen LogP contribution in [0.15, 0.2) is 24.5 Å². The summed E-state index contributed by atoms with van der Waals surface area (Å²) in [5.74, 6) is -0.0601. The van der Waals surface area contributed by atoms with E-state index in [1.165, 1.54) is 0 Å². The van der Waals surface area contributed by atoms with Crippen LogP contribution in [0.3, 0.4) is 0 Å². The van der Waals surface area contributed by atoms with E-state index in [4.69, 9.17) is 5.73 Å². The van der Waals surface area contributed by atoms with E-state index < -0.39 is 17.0 Å². The molecule has 0 saturated carbocycles. The summed E-state index contributed by atoms with van der Waals surface area (Å²) in [4.78, 5) is 22.5. The lowest BCUT2D eigenvalue weighted by atomic mass is 10.2. The minimum Gasteiger partial charge on any atom is -0.365 e. The van der Waals surface area contributed by atoms with E-state index in [2.05, 4.69) is 9.97 Å². The Morgan fingerprint density at radius 3 is 2.42 bits per heavy atom. The summed E-state index contributed by atoms with van der Waals surface area (Å²) >= 11 is 0.633. The Morgan fingerprint density at radius 2 is 1.83 bits per heavy atom. The van der Waals surface area contributed by atoms with Gasteiger partial charge in [0.1, 0.15) is 10.7 Å². The zero-order chi connectivity index (χ0) is 17.3. The molecule has 128 valence electrons. The third-order valence-corrected chi connectivity index (χ3v) is 4.78. The van der Waals surface area contributed by atoms with E-state index in [9.17, 15) is 18.0 Å². The van der Waals surface area contributed by atoms with Crippen molar-refractivity contribution in [2.75, 3.05) is 36.0 Å². The van der Waals surface area contributed by atoms with E-state index in [1.807, 2.05) is 4.90 Å². The fraction of sp³-hybridized carbons (Fsp3) is 0.357. The van der Waals surface area contributed by atoms with Gasteiger partial charge in [0.05, 0.1) is 11.8 Å². The van der Waals surface area contributed by atoms with Crippen LogP contribution >= 0.6 is 11.3 Å². The molecule has 1 amide bonds. The third-order valence-electron chi connectivity index (χ3n) is 3.67. The molecule has 1 aliphatic heterocycles. The fourth-order valence-corrected chi connectivity index (χ4v) is 3.33. The molecule has 24 heavy (non-hydrogen) atoms. The first-order valence-electron chi connectivity index (χ1n) is 7.14. The molecule has 2 N–H and O–H groups in total. The average molecular weight is 357 g/mol. The molecule has 0 radical (unpaired) electrons. The second-order valence-electron chi connectivity index (χ2n) is 5.22. The number of hydrogen-bond donors (Lipinski definition) is 1. The number of rotatable bonds is 3. The maximum atomic E-state index is 12.7. The van der Waals surface area contributed by atoms with Gasteiger partial charge in [0.25, 0.3) is 5.91 Å². The van der Waals surface area contributed by atoms with Crippen LogP contribution in [0.25, 0.3) is 0 Å². The topological polar surface area (TPSA) is 75.4 Å². The number of nitrogens with zero attached hydrogens (tertiary/aromatic N) is 4. The van der Waals surface area contributed by atoms with Gasteiger partial charge in [0, 0.05) is 32.4 Å². The summed E-state index contributed by atoms with van der Waals surface area (Å²) < 4.78 is 38.0. The van der Waals surface area contributed by atoms with Crippen molar-refractivity contribution in [3.8, 4) is 0 Å². The molecule has 1 fully saturated rings.